The van der Waals surface area contributed by atoms with Crippen LogP contribution in [0.25, 0.3) is 11.0 Å². The lowest BCUT2D eigenvalue weighted by Crippen LogP contribution is -2.20. The average molecular weight is 206 g/mol. The van der Waals surface area contributed by atoms with E-state index in [2.05, 4.69) is 14.9 Å². The minimum absolute atomic E-state index is 0.108. The topological polar surface area (TPSA) is 108 Å². The Labute approximate surface area is 85.2 Å². The molecule has 4 N–H and O–H groups in total. The highest BCUT2D eigenvalue weighted by Gasteiger charge is 2.11. The van der Waals surface area contributed by atoms with Crippen molar-refractivity contribution in [1.29, 1.82) is 0 Å². The highest BCUT2D eigenvalue weighted by atomic mass is 16.6. The van der Waals surface area contributed by atoms with Crippen LogP contribution in [0.4, 0.5) is 0 Å². The number of carbonyl (C=O) groups excluding carboxylic acids is 1. The molecule has 0 aliphatic carbocycles. The number of nitrogens with zero attached hydrogens (tertiary/aromatic N) is 2. The summed E-state index contributed by atoms with van der Waals surface area (Å²) < 4.78 is 4.55. The van der Waals surface area contributed by atoms with E-state index in [1.807, 2.05) is 0 Å². The molecule has 0 aliphatic rings. The maximum atomic E-state index is 10.7. The van der Waals surface area contributed by atoms with E-state index in [1.165, 1.54) is 0 Å². The fourth-order valence-corrected chi connectivity index (χ4v) is 1.36. The Morgan fingerprint density at radius 3 is 2.87 bits per heavy atom. The van der Waals surface area contributed by atoms with Crippen LogP contribution < -0.4 is 11.5 Å². The molecule has 1 aromatic carbocycles. The molecule has 0 saturated heterocycles. The van der Waals surface area contributed by atoms with Crippen LogP contribution in [0.5, 0.6) is 0 Å². The lowest BCUT2D eigenvalue weighted by atomic mass is 10.0. The van der Waals surface area contributed by atoms with E-state index in [4.69, 9.17) is 11.5 Å². The summed E-state index contributed by atoms with van der Waals surface area (Å²) in [6, 6.07) is 4.84. The minimum Gasteiger partial charge on any atom is -0.370 e. The number of aromatic nitrogens is 2. The van der Waals surface area contributed by atoms with Crippen molar-refractivity contribution in [3.05, 3.63) is 23.8 Å². The fourth-order valence-electron chi connectivity index (χ4n) is 1.36. The highest BCUT2D eigenvalue weighted by molar-refractivity contribution is 5.76. The summed E-state index contributed by atoms with van der Waals surface area (Å²) in [6.45, 7) is 0. The third-order valence-corrected chi connectivity index (χ3v) is 2.13. The van der Waals surface area contributed by atoms with Crippen molar-refractivity contribution in [3.8, 4) is 0 Å². The Bertz CT molecular complexity index is 494. The molecule has 2 rings (SSSR count). The van der Waals surface area contributed by atoms with E-state index in [0.29, 0.717) is 11.0 Å². The molecular weight excluding hydrogens is 196 g/mol. The van der Waals surface area contributed by atoms with Crippen molar-refractivity contribution in [2.45, 2.75) is 12.5 Å². The quantitative estimate of drug-likeness (QED) is 0.740. The van der Waals surface area contributed by atoms with Gasteiger partial charge in [0.25, 0.3) is 0 Å². The van der Waals surface area contributed by atoms with Gasteiger partial charge in [-0.05, 0) is 28.0 Å². The van der Waals surface area contributed by atoms with Crippen molar-refractivity contribution in [2.24, 2.45) is 11.5 Å². The van der Waals surface area contributed by atoms with Gasteiger partial charge in [-0.15, -0.1) is 0 Å². The molecule has 15 heavy (non-hydrogen) atoms. The Kier molecular flexibility index (Phi) is 2.34. The first kappa shape index (κ1) is 9.60. The minimum atomic E-state index is -0.430. The summed E-state index contributed by atoms with van der Waals surface area (Å²) in [7, 11) is 0. The first-order chi connectivity index (χ1) is 7.16. The molecule has 1 amide bonds. The number of amides is 1. The van der Waals surface area contributed by atoms with Gasteiger partial charge in [0.05, 0.1) is 0 Å². The highest BCUT2D eigenvalue weighted by Crippen LogP contribution is 2.18. The standard InChI is InChI=1S/C9H10N4O2/c10-6(4-9(11)14)5-1-2-7-8(3-5)13-15-12-7/h1-3,6H,4,10H2,(H2,11,14). The Balaban J connectivity index is 2.30. The van der Waals surface area contributed by atoms with Crippen LogP contribution in [0.2, 0.25) is 0 Å². The molecule has 6 heteroatoms. The number of nitrogens with two attached hydrogens (primary N) is 2. The van der Waals surface area contributed by atoms with Crippen LogP contribution in [-0.2, 0) is 4.79 Å². The van der Waals surface area contributed by atoms with E-state index in [-0.39, 0.29) is 6.42 Å². The second-order valence-electron chi connectivity index (χ2n) is 3.29. The first-order valence-electron chi connectivity index (χ1n) is 4.43. The number of carbonyl (C=O) groups is 1. The van der Waals surface area contributed by atoms with Crippen LogP contribution in [0, 0.1) is 0 Å². The van der Waals surface area contributed by atoms with Gasteiger partial charge in [0.1, 0.15) is 11.0 Å². The predicted molar refractivity (Wildman–Crippen MR) is 52.5 cm³/mol. The van der Waals surface area contributed by atoms with Gasteiger partial charge < -0.3 is 11.5 Å². The third-order valence-electron chi connectivity index (χ3n) is 2.13. The van der Waals surface area contributed by atoms with E-state index in [0.717, 1.165) is 5.56 Å². The molecule has 1 heterocycles. The molecule has 1 unspecified atom stereocenters. The monoisotopic (exact) mass is 206 g/mol. The second kappa shape index (κ2) is 3.66. The van der Waals surface area contributed by atoms with Crippen LogP contribution in [0.3, 0.4) is 0 Å². The zero-order chi connectivity index (χ0) is 10.8. The average Bonchev–Trinajstić information content (AvgIpc) is 2.62. The van der Waals surface area contributed by atoms with Gasteiger partial charge in [-0.3, -0.25) is 4.79 Å². The summed E-state index contributed by atoms with van der Waals surface area (Å²) in [4.78, 5) is 10.7. The summed E-state index contributed by atoms with van der Waals surface area (Å²) in [5, 5.41) is 7.34. The summed E-state index contributed by atoms with van der Waals surface area (Å²) >= 11 is 0. The normalized spacial score (nSPS) is 12.9. The number of hydrogen-bond donors (Lipinski definition) is 2. The SMILES string of the molecule is NC(=O)CC(N)c1ccc2nonc2c1. The second-order valence-corrected chi connectivity index (χ2v) is 3.29. The fraction of sp³-hybridized carbons (Fsp3) is 0.222. The maximum absolute atomic E-state index is 10.7. The van der Waals surface area contributed by atoms with Crippen LogP contribution in [-0.4, -0.2) is 16.2 Å². The lowest BCUT2D eigenvalue weighted by Gasteiger charge is -2.08. The molecule has 0 radical (unpaired) electrons. The van der Waals surface area contributed by atoms with Crippen LogP contribution >= 0.6 is 0 Å². The number of fused-ring (bicyclic) bond motifs is 1. The van der Waals surface area contributed by atoms with Crippen molar-refractivity contribution in [2.75, 3.05) is 0 Å². The summed E-state index contributed by atoms with van der Waals surface area (Å²) in [6.07, 6.45) is 0.108. The molecular formula is C9H10N4O2. The molecule has 6 nitrogen and oxygen atoms in total. The van der Waals surface area contributed by atoms with Crippen molar-refractivity contribution < 1.29 is 9.42 Å². The number of primary amides is 1. The van der Waals surface area contributed by atoms with E-state index in [9.17, 15) is 4.79 Å². The smallest absolute Gasteiger partial charge is 0.219 e. The molecule has 1 atom stereocenters. The molecule has 1 aromatic heterocycles. The first-order valence-corrected chi connectivity index (χ1v) is 4.43. The van der Waals surface area contributed by atoms with Crippen molar-refractivity contribution in [3.63, 3.8) is 0 Å². The summed E-state index contributed by atoms with van der Waals surface area (Å²) in [5.41, 5.74) is 12.9. The Morgan fingerprint density at radius 1 is 1.40 bits per heavy atom. The molecule has 0 aliphatic heterocycles. The Hall–Kier alpha value is -1.95. The number of benzene rings is 1. The van der Waals surface area contributed by atoms with Gasteiger partial charge >= 0.3 is 0 Å². The molecule has 0 spiro atoms. The van der Waals surface area contributed by atoms with E-state index in [1.54, 1.807) is 18.2 Å². The van der Waals surface area contributed by atoms with Crippen molar-refractivity contribution in [1.82, 2.24) is 10.3 Å². The molecule has 0 saturated carbocycles. The van der Waals surface area contributed by atoms with Gasteiger partial charge in [0.2, 0.25) is 5.91 Å². The molecule has 2 aromatic rings. The molecule has 0 fully saturated rings. The Morgan fingerprint density at radius 2 is 2.13 bits per heavy atom. The zero-order valence-corrected chi connectivity index (χ0v) is 7.88. The van der Waals surface area contributed by atoms with Crippen molar-refractivity contribution >= 4 is 16.9 Å². The van der Waals surface area contributed by atoms with Crippen LogP contribution in [0.1, 0.15) is 18.0 Å². The number of hydrogen-bond acceptors (Lipinski definition) is 5. The summed E-state index contributed by atoms with van der Waals surface area (Å²) in [5.74, 6) is -0.430. The maximum Gasteiger partial charge on any atom is 0.219 e. The van der Waals surface area contributed by atoms with Crippen LogP contribution in [0.15, 0.2) is 22.8 Å². The molecule has 78 valence electrons. The molecule has 0 bridgehead atoms. The largest absolute Gasteiger partial charge is 0.370 e. The van der Waals surface area contributed by atoms with E-state index < -0.39 is 11.9 Å². The van der Waals surface area contributed by atoms with E-state index >= 15 is 0 Å². The lowest BCUT2D eigenvalue weighted by molar-refractivity contribution is -0.118. The van der Waals surface area contributed by atoms with Gasteiger partial charge in [-0.25, -0.2) is 4.63 Å². The third kappa shape index (κ3) is 1.94. The van der Waals surface area contributed by atoms with Gasteiger partial charge in [0, 0.05) is 12.5 Å². The van der Waals surface area contributed by atoms with Gasteiger partial charge in [-0.1, -0.05) is 6.07 Å². The van der Waals surface area contributed by atoms with Gasteiger partial charge in [0.15, 0.2) is 0 Å². The number of rotatable bonds is 3. The zero-order valence-electron chi connectivity index (χ0n) is 7.88. The predicted octanol–water partition coefficient (Wildman–Crippen LogP) is 0.0980. The van der Waals surface area contributed by atoms with Gasteiger partial charge in [-0.2, -0.15) is 0 Å².